The molecule has 2 heterocycles. The van der Waals surface area contributed by atoms with E-state index in [1.165, 1.54) is 11.3 Å². The number of rotatable bonds is 5. The molecule has 1 aliphatic rings. The van der Waals surface area contributed by atoms with Crippen LogP contribution in [-0.4, -0.2) is 43.2 Å². The van der Waals surface area contributed by atoms with E-state index in [1.54, 1.807) is 12.1 Å². The number of benzene rings is 2. The number of hydrogen-bond donors (Lipinski definition) is 1. The van der Waals surface area contributed by atoms with Crippen LogP contribution in [0, 0.1) is 0 Å². The van der Waals surface area contributed by atoms with Crippen LogP contribution in [0.3, 0.4) is 0 Å². The summed E-state index contributed by atoms with van der Waals surface area (Å²) in [7, 11) is 3.99. The molecule has 6 heteroatoms. The Balaban J connectivity index is 1.70. The number of para-hydroxylation sites is 1. The van der Waals surface area contributed by atoms with E-state index in [-0.39, 0.29) is 11.7 Å². The van der Waals surface area contributed by atoms with Gasteiger partial charge in [0.15, 0.2) is 0 Å². The molecule has 0 radical (unpaired) electrons. The Morgan fingerprint density at radius 1 is 1.07 bits per heavy atom. The molecule has 0 unspecified atom stereocenters. The van der Waals surface area contributed by atoms with E-state index in [9.17, 15) is 9.90 Å². The van der Waals surface area contributed by atoms with Gasteiger partial charge < -0.3 is 19.5 Å². The van der Waals surface area contributed by atoms with Gasteiger partial charge in [0.2, 0.25) is 0 Å². The van der Waals surface area contributed by atoms with Gasteiger partial charge in [-0.2, -0.15) is 0 Å². The lowest BCUT2D eigenvalue weighted by Gasteiger charge is -2.10. The van der Waals surface area contributed by atoms with Crippen LogP contribution in [-0.2, 0) is 4.74 Å². The van der Waals surface area contributed by atoms with Gasteiger partial charge in [0.25, 0.3) is 0 Å². The first-order valence-electron chi connectivity index (χ1n) is 9.09. The zero-order chi connectivity index (χ0) is 19.7. The number of phenols is 1. The van der Waals surface area contributed by atoms with E-state index in [2.05, 4.69) is 4.90 Å². The molecule has 28 heavy (non-hydrogen) atoms. The van der Waals surface area contributed by atoms with E-state index in [0.29, 0.717) is 23.0 Å². The van der Waals surface area contributed by atoms with Crippen LogP contribution < -0.4 is 4.74 Å². The van der Waals surface area contributed by atoms with E-state index in [0.717, 1.165) is 34.5 Å². The van der Waals surface area contributed by atoms with Crippen molar-refractivity contribution >= 4 is 17.3 Å². The molecule has 3 aromatic rings. The van der Waals surface area contributed by atoms with Crippen LogP contribution in [0.1, 0.15) is 16.1 Å². The van der Waals surface area contributed by atoms with Gasteiger partial charge in [-0.15, -0.1) is 11.3 Å². The van der Waals surface area contributed by atoms with Crippen molar-refractivity contribution in [2.24, 2.45) is 0 Å². The SMILES string of the molecule is CN(C)CCCOC(=O)c1cc2c(s1)-c1ccc(O)cc1Oc1ccccc1-2. The molecular weight excluding hydrogens is 374 g/mol. The smallest absolute Gasteiger partial charge is 0.348 e. The van der Waals surface area contributed by atoms with Gasteiger partial charge in [-0.3, -0.25) is 0 Å². The van der Waals surface area contributed by atoms with Gasteiger partial charge in [0.05, 0.1) is 6.61 Å². The molecule has 1 N–H and O–H groups in total. The van der Waals surface area contributed by atoms with E-state index >= 15 is 0 Å². The summed E-state index contributed by atoms with van der Waals surface area (Å²) in [5.74, 6) is 1.09. The monoisotopic (exact) mass is 395 g/mol. The van der Waals surface area contributed by atoms with Crippen molar-refractivity contribution in [3.05, 3.63) is 53.4 Å². The number of aromatic hydroxyl groups is 1. The molecule has 4 rings (SSSR count). The fourth-order valence-corrected chi connectivity index (χ4v) is 4.28. The molecule has 2 aromatic carbocycles. The third-order valence-electron chi connectivity index (χ3n) is 4.52. The minimum Gasteiger partial charge on any atom is -0.508 e. The van der Waals surface area contributed by atoms with Crippen LogP contribution in [0.4, 0.5) is 0 Å². The number of carbonyl (C=O) groups excluding carboxylic acids is 1. The minimum absolute atomic E-state index is 0.136. The van der Waals surface area contributed by atoms with Crippen molar-refractivity contribution in [1.82, 2.24) is 4.90 Å². The molecule has 0 fully saturated rings. The summed E-state index contributed by atoms with van der Waals surface area (Å²) in [6.45, 7) is 1.26. The lowest BCUT2D eigenvalue weighted by Crippen LogP contribution is -2.16. The Morgan fingerprint density at radius 2 is 1.89 bits per heavy atom. The molecule has 144 valence electrons. The molecule has 0 spiro atoms. The van der Waals surface area contributed by atoms with Crippen molar-refractivity contribution in [2.45, 2.75) is 6.42 Å². The fraction of sp³-hybridized carbons (Fsp3) is 0.227. The van der Waals surface area contributed by atoms with Gasteiger partial charge in [0.1, 0.15) is 22.1 Å². The average Bonchev–Trinajstić information content (AvgIpc) is 3.06. The highest BCUT2D eigenvalue weighted by molar-refractivity contribution is 7.18. The maximum atomic E-state index is 12.6. The second-order valence-corrected chi connectivity index (χ2v) is 7.98. The minimum atomic E-state index is -0.310. The molecule has 5 nitrogen and oxygen atoms in total. The highest BCUT2D eigenvalue weighted by Crippen LogP contribution is 2.50. The third-order valence-corrected chi connectivity index (χ3v) is 5.67. The number of nitrogens with zero attached hydrogens (tertiary/aromatic N) is 1. The van der Waals surface area contributed by atoms with Crippen molar-refractivity contribution in [3.63, 3.8) is 0 Å². The van der Waals surface area contributed by atoms with Crippen molar-refractivity contribution in [3.8, 4) is 38.8 Å². The Morgan fingerprint density at radius 3 is 2.71 bits per heavy atom. The number of hydrogen-bond acceptors (Lipinski definition) is 6. The fourth-order valence-electron chi connectivity index (χ4n) is 3.19. The van der Waals surface area contributed by atoms with Crippen LogP contribution in [0.5, 0.6) is 17.2 Å². The number of ether oxygens (including phenoxy) is 2. The molecule has 0 saturated carbocycles. The van der Waals surface area contributed by atoms with Gasteiger partial charge in [0, 0.05) is 34.2 Å². The summed E-state index contributed by atoms with van der Waals surface area (Å²) in [6, 6.07) is 14.6. The molecule has 0 amide bonds. The van der Waals surface area contributed by atoms with E-state index in [1.807, 2.05) is 50.5 Å². The molecule has 0 bridgehead atoms. The highest BCUT2D eigenvalue weighted by atomic mass is 32.1. The first kappa shape index (κ1) is 18.5. The third kappa shape index (κ3) is 3.61. The Labute approximate surface area is 167 Å². The average molecular weight is 395 g/mol. The normalized spacial score (nSPS) is 11.8. The van der Waals surface area contributed by atoms with Gasteiger partial charge in [-0.05, 0) is 44.8 Å². The van der Waals surface area contributed by atoms with E-state index in [4.69, 9.17) is 9.47 Å². The van der Waals surface area contributed by atoms with Gasteiger partial charge in [-0.1, -0.05) is 18.2 Å². The molecule has 0 atom stereocenters. The summed E-state index contributed by atoms with van der Waals surface area (Å²) in [5, 5.41) is 9.87. The quantitative estimate of drug-likeness (QED) is 0.381. The van der Waals surface area contributed by atoms with Gasteiger partial charge in [-0.25, -0.2) is 4.79 Å². The van der Waals surface area contributed by atoms with Crippen LogP contribution in [0.2, 0.25) is 0 Å². The van der Waals surface area contributed by atoms with E-state index < -0.39 is 0 Å². The van der Waals surface area contributed by atoms with Crippen LogP contribution in [0.15, 0.2) is 48.5 Å². The first-order valence-corrected chi connectivity index (χ1v) is 9.91. The standard InChI is InChI=1S/C22H21NO4S/c1-23(2)10-5-11-26-22(25)20-13-17-15-6-3-4-7-18(15)27-19-12-14(24)8-9-16(19)21(17)28-20/h3-4,6-9,12-13,24H,5,10-11H2,1-2H3. The zero-order valence-electron chi connectivity index (χ0n) is 15.8. The second kappa shape index (κ2) is 7.66. The van der Waals surface area contributed by atoms with Crippen molar-refractivity contribution in [2.75, 3.05) is 27.2 Å². The summed E-state index contributed by atoms with van der Waals surface area (Å²) < 4.78 is 11.5. The summed E-state index contributed by atoms with van der Waals surface area (Å²) >= 11 is 1.39. The second-order valence-electron chi connectivity index (χ2n) is 6.92. The summed E-state index contributed by atoms with van der Waals surface area (Å²) in [5.41, 5.74) is 2.70. The maximum Gasteiger partial charge on any atom is 0.348 e. The number of thiophene rings is 1. The zero-order valence-corrected chi connectivity index (χ0v) is 16.6. The highest BCUT2D eigenvalue weighted by Gasteiger charge is 2.25. The number of fused-ring (bicyclic) bond motifs is 5. The Kier molecular flexibility index (Phi) is 5.07. The molecular formula is C22H21NO4S. The number of phenolic OH excluding ortho intramolecular Hbond substituents is 1. The topological polar surface area (TPSA) is 59.0 Å². The Hall–Kier alpha value is -2.83. The number of carbonyl (C=O) groups is 1. The summed E-state index contributed by atoms with van der Waals surface area (Å²) in [6.07, 6.45) is 0.794. The predicted molar refractivity (Wildman–Crippen MR) is 110 cm³/mol. The van der Waals surface area contributed by atoms with Crippen LogP contribution >= 0.6 is 11.3 Å². The predicted octanol–water partition coefficient (Wildman–Crippen LogP) is 5.00. The van der Waals surface area contributed by atoms with Crippen molar-refractivity contribution in [1.29, 1.82) is 0 Å². The molecule has 0 saturated heterocycles. The lowest BCUT2D eigenvalue weighted by atomic mass is 10.0. The molecule has 1 aromatic heterocycles. The van der Waals surface area contributed by atoms with Gasteiger partial charge >= 0.3 is 5.97 Å². The maximum absolute atomic E-state index is 12.6. The summed E-state index contributed by atoms with van der Waals surface area (Å²) in [4.78, 5) is 16.1. The van der Waals surface area contributed by atoms with Crippen LogP contribution in [0.25, 0.3) is 21.6 Å². The molecule has 0 aliphatic carbocycles. The first-order chi connectivity index (χ1) is 13.5. The Bertz CT molecular complexity index is 1030. The molecule has 1 aliphatic heterocycles. The number of esters is 1. The lowest BCUT2D eigenvalue weighted by molar-refractivity contribution is 0.0499. The largest absolute Gasteiger partial charge is 0.508 e. The van der Waals surface area contributed by atoms with Crippen molar-refractivity contribution < 1.29 is 19.4 Å².